The predicted molar refractivity (Wildman–Crippen MR) is 71.9 cm³/mol. The van der Waals surface area contributed by atoms with Crippen molar-refractivity contribution in [3.05, 3.63) is 35.6 Å². The van der Waals surface area contributed by atoms with Gasteiger partial charge in [0.25, 0.3) is 0 Å². The van der Waals surface area contributed by atoms with Crippen molar-refractivity contribution in [2.45, 2.75) is 25.9 Å². The highest BCUT2D eigenvalue weighted by molar-refractivity contribution is 5.21. The summed E-state index contributed by atoms with van der Waals surface area (Å²) in [4.78, 5) is 2.11. The summed E-state index contributed by atoms with van der Waals surface area (Å²) in [5, 5.41) is 0. The summed E-state index contributed by atoms with van der Waals surface area (Å²) in [6.45, 7) is 6.04. The molecule has 2 atom stereocenters. The molecule has 0 aliphatic heterocycles. The number of halogens is 1. The van der Waals surface area contributed by atoms with Gasteiger partial charge in [-0.05, 0) is 38.6 Å². The van der Waals surface area contributed by atoms with Crippen LogP contribution in [-0.2, 0) is 4.74 Å². The van der Waals surface area contributed by atoms with Gasteiger partial charge < -0.3 is 10.5 Å². The fourth-order valence-corrected chi connectivity index (χ4v) is 2.14. The van der Waals surface area contributed by atoms with Crippen LogP contribution in [0, 0.1) is 5.82 Å². The van der Waals surface area contributed by atoms with Crippen molar-refractivity contribution in [3.63, 3.8) is 0 Å². The molecule has 0 fully saturated rings. The van der Waals surface area contributed by atoms with Crippen LogP contribution in [0.3, 0.4) is 0 Å². The second kappa shape index (κ2) is 7.46. The van der Waals surface area contributed by atoms with Gasteiger partial charge in [-0.25, -0.2) is 4.39 Å². The Morgan fingerprint density at radius 1 is 1.44 bits per heavy atom. The Balaban J connectivity index is 2.76. The number of ether oxygens (including phenoxy) is 1. The zero-order valence-corrected chi connectivity index (χ0v) is 11.4. The van der Waals surface area contributed by atoms with E-state index in [2.05, 4.69) is 4.90 Å². The van der Waals surface area contributed by atoms with Gasteiger partial charge in [0.05, 0.1) is 6.61 Å². The number of hydrogen-bond acceptors (Lipinski definition) is 3. The third-order valence-corrected chi connectivity index (χ3v) is 2.96. The predicted octanol–water partition coefficient (Wildman–Crippen LogP) is 2.18. The Hall–Kier alpha value is -0.970. The molecule has 0 saturated heterocycles. The van der Waals surface area contributed by atoms with Gasteiger partial charge in [0.1, 0.15) is 5.82 Å². The lowest BCUT2D eigenvalue weighted by Crippen LogP contribution is -2.38. The molecule has 0 aliphatic rings. The highest BCUT2D eigenvalue weighted by atomic mass is 19.1. The molecule has 1 rings (SSSR count). The summed E-state index contributed by atoms with van der Waals surface area (Å²) in [7, 11) is 1.98. The third-order valence-electron chi connectivity index (χ3n) is 2.96. The van der Waals surface area contributed by atoms with Crippen molar-refractivity contribution >= 4 is 0 Å². The minimum Gasteiger partial charge on any atom is -0.380 e. The molecule has 2 unspecified atom stereocenters. The first kappa shape index (κ1) is 15.1. The zero-order chi connectivity index (χ0) is 13.5. The average molecular weight is 254 g/mol. The molecular formula is C14H23FN2O. The number of benzene rings is 1. The summed E-state index contributed by atoms with van der Waals surface area (Å²) in [6.07, 6.45) is 0. The van der Waals surface area contributed by atoms with Gasteiger partial charge in [-0.3, -0.25) is 4.90 Å². The molecule has 2 N–H and O–H groups in total. The van der Waals surface area contributed by atoms with Crippen LogP contribution in [0.15, 0.2) is 24.3 Å². The lowest BCUT2D eigenvalue weighted by molar-refractivity contribution is 0.102. The van der Waals surface area contributed by atoms with Crippen molar-refractivity contribution < 1.29 is 9.13 Å². The number of nitrogens with zero attached hydrogens (tertiary/aromatic N) is 1. The van der Waals surface area contributed by atoms with Gasteiger partial charge in [0, 0.05) is 25.2 Å². The van der Waals surface area contributed by atoms with Crippen molar-refractivity contribution in [2.24, 2.45) is 5.73 Å². The maximum absolute atomic E-state index is 13.3. The lowest BCUT2D eigenvalue weighted by Gasteiger charge is -2.31. The number of nitrogens with two attached hydrogens (primary N) is 1. The van der Waals surface area contributed by atoms with Crippen LogP contribution >= 0.6 is 0 Å². The zero-order valence-electron chi connectivity index (χ0n) is 11.4. The van der Waals surface area contributed by atoms with Crippen LogP contribution in [0.4, 0.5) is 4.39 Å². The average Bonchev–Trinajstić information content (AvgIpc) is 2.29. The monoisotopic (exact) mass is 254 g/mol. The first-order valence-electron chi connectivity index (χ1n) is 6.35. The minimum absolute atomic E-state index is 0.00107. The third kappa shape index (κ3) is 4.37. The van der Waals surface area contributed by atoms with Crippen LogP contribution in [0.2, 0.25) is 0 Å². The summed E-state index contributed by atoms with van der Waals surface area (Å²) < 4.78 is 18.6. The van der Waals surface area contributed by atoms with Crippen LogP contribution in [0.25, 0.3) is 0 Å². The molecule has 4 heteroatoms. The molecule has 0 aliphatic carbocycles. The summed E-state index contributed by atoms with van der Waals surface area (Å²) in [5.74, 6) is -0.226. The van der Waals surface area contributed by atoms with Crippen LogP contribution in [0.1, 0.15) is 25.5 Å². The highest BCUT2D eigenvalue weighted by Gasteiger charge is 2.21. The summed E-state index contributed by atoms with van der Waals surface area (Å²) >= 11 is 0. The number of hydrogen-bond donors (Lipinski definition) is 1. The smallest absolute Gasteiger partial charge is 0.123 e. The second-order valence-corrected chi connectivity index (χ2v) is 4.54. The normalized spacial score (nSPS) is 14.8. The standard InChI is InChI=1S/C14H23FN2O/c1-4-18-9-8-17(3)14(11(2)16)12-6-5-7-13(15)10-12/h5-7,10-11,14H,4,8-9,16H2,1-3H3. The first-order chi connectivity index (χ1) is 8.56. The van der Waals surface area contributed by atoms with Gasteiger partial charge in [-0.1, -0.05) is 12.1 Å². The van der Waals surface area contributed by atoms with E-state index in [0.29, 0.717) is 13.2 Å². The Morgan fingerprint density at radius 2 is 2.17 bits per heavy atom. The van der Waals surface area contributed by atoms with E-state index < -0.39 is 0 Å². The van der Waals surface area contributed by atoms with E-state index in [1.54, 1.807) is 12.1 Å². The molecule has 18 heavy (non-hydrogen) atoms. The minimum atomic E-state index is -0.226. The summed E-state index contributed by atoms with van der Waals surface area (Å²) in [6, 6.07) is 6.55. The van der Waals surface area contributed by atoms with Gasteiger partial charge in [0.2, 0.25) is 0 Å². The quantitative estimate of drug-likeness (QED) is 0.758. The SMILES string of the molecule is CCOCCN(C)C(c1cccc(F)c1)C(C)N. The molecule has 0 spiro atoms. The van der Waals surface area contributed by atoms with E-state index in [0.717, 1.165) is 12.1 Å². The maximum Gasteiger partial charge on any atom is 0.123 e. The fourth-order valence-electron chi connectivity index (χ4n) is 2.14. The van der Waals surface area contributed by atoms with Gasteiger partial charge in [0.15, 0.2) is 0 Å². The molecule has 0 aromatic heterocycles. The van der Waals surface area contributed by atoms with Gasteiger partial charge in [-0.15, -0.1) is 0 Å². The fraction of sp³-hybridized carbons (Fsp3) is 0.571. The van der Waals surface area contributed by atoms with Crippen molar-refractivity contribution in [2.75, 3.05) is 26.8 Å². The Kier molecular flexibility index (Phi) is 6.25. The Bertz CT molecular complexity index is 357. The lowest BCUT2D eigenvalue weighted by atomic mass is 9.99. The molecular weight excluding hydrogens is 231 g/mol. The van der Waals surface area contributed by atoms with E-state index in [9.17, 15) is 4.39 Å². The molecule has 0 radical (unpaired) electrons. The largest absolute Gasteiger partial charge is 0.380 e. The highest BCUT2D eigenvalue weighted by Crippen LogP contribution is 2.22. The summed E-state index contributed by atoms with van der Waals surface area (Å²) in [5.41, 5.74) is 6.93. The second-order valence-electron chi connectivity index (χ2n) is 4.54. The van der Waals surface area contributed by atoms with Crippen molar-refractivity contribution in [1.29, 1.82) is 0 Å². The van der Waals surface area contributed by atoms with E-state index in [1.165, 1.54) is 6.07 Å². The Labute approximate surface area is 109 Å². The van der Waals surface area contributed by atoms with E-state index in [-0.39, 0.29) is 17.9 Å². The van der Waals surface area contributed by atoms with Crippen molar-refractivity contribution in [3.8, 4) is 0 Å². The molecule has 1 aromatic rings. The first-order valence-corrected chi connectivity index (χ1v) is 6.35. The topological polar surface area (TPSA) is 38.5 Å². The van der Waals surface area contributed by atoms with E-state index in [1.807, 2.05) is 27.0 Å². The molecule has 0 bridgehead atoms. The van der Waals surface area contributed by atoms with Gasteiger partial charge in [-0.2, -0.15) is 0 Å². The molecule has 0 saturated carbocycles. The van der Waals surface area contributed by atoms with E-state index in [4.69, 9.17) is 10.5 Å². The maximum atomic E-state index is 13.3. The number of rotatable bonds is 7. The van der Waals surface area contributed by atoms with E-state index >= 15 is 0 Å². The van der Waals surface area contributed by atoms with Crippen molar-refractivity contribution in [1.82, 2.24) is 4.90 Å². The molecule has 0 heterocycles. The van der Waals surface area contributed by atoms with Crippen LogP contribution < -0.4 is 5.73 Å². The molecule has 3 nitrogen and oxygen atoms in total. The Morgan fingerprint density at radius 3 is 2.72 bits per heavy atom. The van der Waals surface area contributed by atoms with Gasteiger partial charge >= 0.3 is 0 Å². The molecule has 102 valence electrons. The molecule has 0 amide bonds. The van der Waals surface area contributed by atoms with Crippen LogP contribution in [-0.4, -0.2) is 37.7 Å². The number of likely N-dealkylation sites (N-methyl/N-ethyl adjacent to an activating group) is 1. The van der Waals surface area contributed by atoms with Crippen LogP contribution in [0.5, 0.6) is 0 Å². The molecule has 1 aromatic carbocycles.